The molecule has 1 fully saturated rings. The summed E-state index contributed by atoms with van der Waals surface area (Å²) >= 11 is 5.69. The van der Waals surface area contributed by atoms with Crippen LogP contribution in [0.4, 0.5) is 5.69 Å². The highest BCUT2D eigenvalue weighted by Crippen LogP contribution is 2.25. The number of carbonyl (C=O) groups is 1. The van der Waals surface area contributed by atoms with Gasteiger partial charge in [0.15, 0.2) is 0 Å². The average Bonchev–Trinajstić information content (AvgIpc) is 3.11. The second kappa shape index (κ2) is 5.18. The lowest BCUT2D eigenvalue weighted by atomic mass is 10.2. The highest BCUT2D eigenvalue weighted by Gasteiger charge is 2.22. The predicted octanol–water partition coefficient (Wildman–Crippen LogP) is 2.54. The molecular weight excluding hydrogens is 256 g/mol. The Kier molecular flexibility index (Phi) is 3.62. The first-order valence-corrected chi connectivity index (χ1v) is 5.86. The van der Waals surface area contributed by atoms with E-state index in [1.807, 2.05) is 0 Å². The van der Waals surface area contributed by atoms with Crippen molar-refractivity contribution < 1.29 is 9.72 Å². The second-order valence-electron chi connectivity index (χ2n) is 4.08. The van der Waals surface area contributed by atoms with Gasteiger partial charge in [-0.1, -0.05) is 17.7 Å². The summed E-state index contributed by atoms with van der Waals surface area (Å²) in [6.45, 7) is 0. The fourth-order valence-corrected chi connectivity index (χ4v) is 1.61. The zero-order chi connectivity index (χ0) is 13.1. The summed E-state index contributed by atoms with van der Waals surface area (Å²) in [7, 11) is 0. The van der Waals surface area contributed by atoms with Crippen LogP contribution in [-0.2, 0) is 4.79 Å². The summed E-state index contributed by atoms with van der Waals surface area (Å²) in [4.78, 5) is 21.5. The number of nitro groups is 1. The van der Waals surface area contributed by atoms with Gasteiger partial charge in [-0.3, -0.25) is 14.9 Å². The van der Waals surface area contributed by atoms with Gasteiger partial charge >= 0.3 is 0 Å². The average molecular weight is 267 g/mol. The molecule has 0 atom stereocenters. The van der Waals surface area contributed by atoms with Crippen molar-refractivity contribution in [2.45, 2.75) is 18.9 Å². The molecule has 1 aromatic carbocycles. The van der Waals surface area contributed by atoms with E-state index in [1.54, 1.807) is 6.07 Å². The molecule has 0 saturated heterocycles. The van der Waals surface area contributed by atoms with E-state index in [4.69, 9.17) is 11.6 Å². The number of nitrogens with zero attached hydrogens (tertiary/aromatic N) is 1. The molecule has 5 nitrogen and oxygen atoms in total. The lowest BCUT2D eigenvalue weighted by Crippen LogP contribution is -2.22. The lowest BCUT2D eigenvalue weighted by Gasteiger charge is -1.98. The monoisotopic (exact) mass is 266 g/mol. The quantitative estimate of drug-likeness (QED) is 0.517. The molecule has 18 heavy (non-hydrogen) atoms. The van der Waals surface area contributed by atoms with Gasteiger partial charge in [0.1, 0.15) is 5.02 Å². The first kappa shape index (κ1) is 12.6. The molecule has 0 aliphatic heterocycles. The molecule has 0 spiro atoms. The van der Waals surface area contributed by atoms with E-state index in [0.717, 1.165) is 12.8 Å². The van der Waals surface area contributed by atoms with E-state index in [9.17, 15) is 14.9 Å². The van der Waals surface area contributed by atoms with Crippen LogP contribution < -0.4 is 5.32 Å². The molecule has 6 heteroatoms. The van der Waals surface area contributed by atoms with Gasteiger partial charge in [0, 0.05) is 18.2 Å². The Balaban J connectivity index is 2.08. The number of nitrogens with one attached hydrogen (secondary N) is 1. The molecule has 94 valence electrons. The van der Waals surface area contributed by atoms with Crippen molar-refractivity contribution >= 4 is 29.3 Å². The van der Waals surface area contributed by atoms with Crippen LogP contribution in [0.3, 0.4) is 0 Å². The SMILES string of the molecule is O=C(/C=C/c1ccc(Cl)c([N+](=O)[O-])c1)NC1CC1. The van der Waals surface area contributed by atoms with Gasteiger partial charge in [-0.2, -0.15) is 0 Å². The number of benzene rings is 1. The van der Waals surface area contributed by atoms with Crippen molar-refractivity contribution in [1.29, 1.82) is 0 Å². The van der Waals surface area contributed by atoms with E-state index in [-0.39, 0.29) is 16.6 Å². The fourth-order valence-electron chi connectivity index (χ4n) is 1.42. The number of amides is 1. The highest BCUT2D eigenvalue weighted by molar-refractivity contribution is 6.32. The van der Waals surface area contributed by atoms with E-state index in [1.165, 1.54) is 24.3 Å². The molecule has 1 aromatic rings. The third-order valence-electron chi connectivity index (χ3n) is 2.52. The van der Waals surface area contributed by atoms with Crippen LogP contribution in [0.1, 0.15) is 18.4 Å². The Bertz CT molecular complexity index is 524. The van der Waals surface area contributed by atoms with Gasteiger partial charge in [0.2, 0.25) is 5.91 Å². The first-order chi connectivity index (χ1) is 8.56. The third kappa shape index (κ3) is 3.30. The van der Waals surface area contributed by atoms with Gasteiger partial charge in [0.05, 0.1) is 4.92 Å². The smallest absolute Gasteiger partial charge is 0.288 e. The van der Waals surface area contributed by atoms with Crippen LogP contribution in [-0.4, -0.2) is 16.9 Å². The lowest BCUT2D eigenvalue weighted by molar-refractivity contribution is -0.384. The Morgan fingerprint density at radius 1 is 1.50 bits per heavy atom. The molecule has 1 aliphatic carbocycles. The maximum absolute atomic E-state index is 11.4. The predicted molar refractivity (Wildman–Crippen MR) is 68.3 cm³/mol. The molecule has 0 bridgehead atoms. The summed E-state index contributed by atoms with van der Waals surface area (Å²) in [5.41, 5.74) is 0.401. The molecule has 1 saturated carbocycles. The van der Waals surface area contributed by atoms with Gasteiger partial charge in [-0.05, 0) is 30.5 Å². The minimum Gasteiger partial charge on any atom is -0.350 e. The first-order valence-electron chi connectivity index (χ1n) is 5.49. The summed E-state index contributed by atoms with van der Waals surface area (Å²) in [5.74, 6) is -0.185. The molecule has 0 unspecified atom stereocenters. The minimum atomic E-state index is -0.552. The minimum absolute atomic E-state index is 0.0829. The van der Waals surface area contributed by atoms with Gasteiger partial charge in [-0.25, -0.2) is 0 Å². The Labute approximate surface area is 109 Å². The number of nitro benzene ring substituents is 1. The molecule has 1 aliphatic rings. The van der Waals surface area contributed by atoms with E-state index in [2.05, 4.69) is 5.32 Å². The van der Waals surface area contributed by atoms with Crippen LogP contribution in [0.2, 0.25) is 5.02 Å². The van der Waals surface area contributed by atoms with Crippen molar-refractivity contribution in [3.05, 3.63) is 45.0 Å². The van der Waals surface area contributed by atoms with Crippen LogP contribution in [0.15, 0.2) is 24.3 Å². The van der Waals surface area contributed by atoms with Crippen LogP contribution in [0.5, 0.6) is 0 Å². The summed E-state index contributed by atoms with van der Waals surface area (Å²) in [6, 6.07) is 4.69. The zero-order valence-electron chi connectivity index (χ0n) is 9.43. The molecule has 1 amide bonds. The molecular formula is C12H11ClN2O3. The Morgan fingerprint density at radius 3 is 2.83 bits per heavy atom. The topological polar surface area (TPSA) is 72.2 Å². The number of rotatable bonds is 4. The third-order valence-corrected chi connectivity index (χ3v) is 2.84. The molecule has 0 heterocycles. The largest absolute Gasteiger partial charge is 0.350 e. The maximum atomic E-state index is 11.4. The summed E-state index contributed by atoms with van der Waals surface area (Å²) in [6.07, 6.45) is 4.93. The van der Waals surface area contributed by atoms with Crippen molar-refractivity contribution in [1.82, 2.24) is 5.32 Å². The summed E-state index contributed by atoms with van der Waals surface area (Å²) in [5, 5.41) is 13.6. The number of halogens is 1. The van der Waals surface area contributed by atoms with Crippen molar-refractivity contribution in [2.24, 2.45) is 0 Å². The van der Waals surface area contributed by atoms with E-state index >= 15 is 0 Å². The van der Waals surface area contributed by atoms with Crippen LogP contribution in [0, 0.1) is 10.1 Å². The standard InChI is InChI=1S/C12H11ClN2O3/c13-10-5-1-8(7-11(10)15(17)18)2-6-12(16)14-9-3-4-9/h1-2,5-7,9H,3-4H2,(H,14,16)/b6-2+. The van der Waals surface area contributed by atoms with Gasteiger partial charge in [0.25, 0.3) is 5.69 Å². The maximum Gasteiger partial charge on any atom is 0.288 e. The summed E-state index contributed by atoms with van der Waals surface area (Å²) < 4.78 is 0. The fraction of sp³-hybridized carbons (Fsp3) is 0.250. The number of hydrogen-bond donors (Lipinski definition) is 1. The van der Waals surface area contributed by atoms with E-state index in [0.29, 0.717) is 11.6 Å². The molecule has 0 aromatic heterocycles. The van der Waals surface area contributed by atoms with Gasteiger partial charge < -0.3 is 5.32 Å². The zero-order valence-corrected chi connectivity index (χ0v) is 10.2. The van der Waals surface area contributed by atoms with Crippen molar-refractivity contribution in [3.8, 4) is 0 Å². The molecule has 1 N–H and O–H groups in total. The molecule has 2 rings (SSSR count). The van der Waals surface area contributed by atoms with Crippen molar-refractivity contribution in [2.75, 3.05) is 0 Å². The molecule has 0 radical (unpaired) electrons. The number of carbonyl (C=O) groups excluding carboxylic acids is 1. The normalized spacial score (nSPS) is 14.7. The Morgan fingerprint density at radius 2 is 2.22 bits per heavy atom. The second-order valence-corrected chi connectivity index (χ2v) is 4.49. The number of hydrogen-bond acceptors (Lipinski definition) is 3. The van der Waals surface area contributed by atoms with Crippen molar-refractivity contribution in [3.63, 3.8) is 0 Å². The van der Waals surface area contributed by atoms with E-state index < -0.39 is 4.92 Å². The Hall–Kier alpha value is -1.88. The highest BCUT2D eigenvalue weighted by atomic mass is 35.5. The van der Waals surface area contributed by atoms with Crippen LogP contribution >= 0.6 is 11.6 Å². The van der Waals surface area contributed by atoms with Crippen LogP contribution in [0.25, 0.3) is 6.08 Å². The van der Waals surface area contributed by atoms with Gasteiger partial charge in [-0.15, -0.1) is 0 Å².